The summed E-state index contributed by atoms with van der Waals surface area (Å²) in [6.45, 7) is 1.61. The van der Waals surface area contributed by atoms with E-state index in [0.717, 1.165) is 12.1 Å². The fraction of sp³-hybridized carbons (Fsp3) is 0.350. The Morgan fingerprint density at radius 2 is 1.61 bits per heavy atom. The second kappa shape index (κ2) is 8.75. The van der Waals surface area contributed by atoms with Gasteiger partial charge in [0, 0.05) is 25.7 Å². The van der Waals surface area contributed by atoms with Crippen molar-refractivity contribution in [3.63, 3.8) is 0 Å². The fourth-order valence-corrected chi connectivity index (χ4v) is 4.94. The first-order valence-electron chi connectivity index (χ1n) is 9.45. The second-order valence-electron chi connectivity index (χ2n) is 7.09. The van der Waals surface area contributed by atoms with Crippen molar-refractivity contribution in [1.29, 1.82) is 0 Å². The minimum atomic E-state index is -6.64. The highest BCUT2D eigenvalue weighted by Gasteiger charge is 2.75. The van der Waals surface area contributed by atoms with Crippen LogP contribution in [-0.2, 0) is 14.4 Å². The third-order valence-electron chi connectivity index (χ3n) is 4.69. The lowest BCUT2D eigenvalue weighted by Crippen LogP contribution is -2.56. The predicted molar refractivity (Wildman–Crippen MR) is 112 cm³/mol. The van der Waals surface area contributed by atoms with E-state index in [2.05, 4.69) is 9.44 Å². The summed E-state index contributed by atoms with van der Waals surface area (Å²) in [5.41, 5.74) is -2.99. The number of unbranched alkanes of at least 4 members (excludes halogenated alkanes) is 1. The number of alkyl halides is 7. The van der Waals surface area contributed by atoms with Crippen LogP contribution in [0, 0.1) is 0 Å². The Kier molecular flexibility index (Phi) is 6.68. The van der Waals surface area contributed by atoms with Gasteiger partial charge in [0.25, 0.3) is 0 Å². The van der Waals surface area contributed by atoms with Gasteiger partial charge in [-0.15, -0.1) is 11.3 Å². The third-order valence-corrected chi connectivity index (χ3v) is 6.93. The number of hydrogen-bond acceptors (Lipinski definition) is 5. The first-order chi connectivity index (χ1) is 15.2. The van der Waals surface area contributed by atoms with Gasteiger partial charge in [0.15, 0.2) is 5.71 Å². The van der Waals surface area contributed by atoms with Crippen LogP contribution in [0.4, 0.5) is 30.7 Å². The van der Waals surface area contributed by atoms with Crippen molar-refractivity contribution in [2.24, 2.45) is 5.16 Å². The zero-order valence-electron chi connectivity index (χ0n) is 16.8. The summed E-state index contributed by atoms with van der Waals surface area (Å²) in [4.78, 5) is 0. The lowest BCUT2D eigenvalue weighted by molar-refractivity contribution is -0.336. The van der Waals surface area contributed by atoms with Gasteiger partial charge in [0.2, 0.25) is 0 Å². The Labute approximate surface area is 187 Å². The van der Waals surface area contributed by atoms with E-state index in [1.165, 1.54) is 17.4 Å². The molecule has 1 heterocycles. The fourth-order valence-electron chi connectivity index (χ4n) is 2.94. The lowest BCUT2D eigenvalue weighted by atomic mass is 9.97. The zero-order chi connectivity index (χ0) is 24.7. The maximum Gasteiger partial charge on any atom is 0.460 e. The molecule has 0 unspecified atom stereocenters. The van der Waals surface area contributed by atoms with Crippen molar-refractivity contribution in [2.45, 2.75) is 37.8 Å². The number of halogens is 7. The van der Waals surface area contributed by atoms with Crippen molar-refractivity contribution in [3.05, 3.63) is 48.0 Å². The van der Waals surface area contributed by atoms with E-state index in [0.29, 0.717) is 26.6 Å². The van der Waals surface area contributed by atoms with Gasteiger partial charge in [-0.3, -0.25) is 4.28 Å². The molecule has 0 saturated carbocycles. The van der Waals surface area contributed by atoms with E-state index in [9.17, 15) is 39.2 Å². The molecule has 180 valence electrons. The molecule has 0 aliphatic heterocycles. The molecule has 0 aliphatic rings. The van der Waals surface area contributed by atoms with Gasteiger partial charge in [-0.25, -0.2) is 0 Å². The van der Waals surface area contributed by atoms with E-state index >= 15 is 0 Å². The minimum Gasteiger partial charge on any atom is -0.268 e. The van der Waals surface area contributed by atoms with Gasteiger partial charge in [-0.2, -0.15) is 39.2 Å². The van der Waals surface area contributed by atoms with Crippen molar-refractivity contribution in [3.8, 4) is 0 Å². The number of fused-ring (bicyclic) bond motifs is 3. The molecule has 0 spiro atoms. The highest BCUT2D eigenvalue weighted by molar-refractivity contribution is 7.86. The standard InChI is InChI=1S/C20H16F7NO3S2/c1-2-3-10-33(29,30)31-28-17(18(21,22)19(23,24)20(25,26)27)12-8-9-16-14(11-12)13-6-4-5-7-15(13)32-16/h4-9,11H,2-3,10H2,1H3. The molecule has 0 fully saturated rings. The van der Waals surface area contributed by atoms with E-state index in [1.54, 1.807) is 31.2 Å². The maximum absolute atomic E-state index is 14.6. The average Bonchev–Trinajstić information content (AvgIpc) is 3.09. The van der Waals surface area contributed by atoms with Gasteiger partial charge < -0.3 is 0 Å². The second-order valence-corrected chi connectivity index (χ2v) is 9.84. The summed E-state index contributed by atoms with van der Waals surface area (Å²) in [5, 5.41) is 3.48. The Balaban J connectivity index is 2.20. The van der Waals surface area contributed by atoms with Gasteiger partial charge in [0.1, 0.15) is 0 Å². The molecule has 0 aliphatic carbocycles. The van der Waals surface area contributed by atoms with Gasteiger partial charge in [-0.05, 0) is 24.6 Å². The lowest BCUT2D eigenvalue weighted by Gasteiger charge is -2.28. The van der Waals surface area contributed by atoms with Crippen LogP contribution in [0.3, 0.4) is 0 Å². The Morgan fingerprint density at radius 3 is 2.24 bits per heavy atom. The van der Waals surface area contributed by atoms with Crippen molar-refractivity contribution < 1.29 is 43.4 Å². The summed E-state index contributed by atoms with van der Waals surface area (Å²) in [6, 6.07) is 9.73. The molecule has 2 aromatic carbocycles. The number of benzene rings is 2. The largest absolute Gasteiger partial charge is 0.460 e. The van der Waals surface area contributed by atoms with Crippen molar-refractivity contribution in [2.75, 3.05) is 5.75 Å². The Bertz CT molecular complexity index is 1300. The molecule has 4 nitrogen and oxygen atoms in total. The molecule has 3 rings (SSSR count). The summed E-state index contributed by atoms with van der Waals surface area (Å²) >= 11 is 1.24. The van der Waals surface area contributed by atoms with Crippen LogP contribution in [0.2, 0.25) is 0 Å². The molecular formula is C20H16F7NO3S2. The van der Waals surface area contributed by atoms with Crippen LogP contribution in [0.25, 0.3) is 20.2 Å². The number of thiophene rings is 1. The molecule has 0 amide bonds. The summed E-state index contributed by atoms with van der Waals surface area (Å²) < 4.78 is 124. The predicted octanol–water partition coefficient (Wildman–Crippen LogP) is 6.74. The van der Waals surface area contributed by atoms with Crippen LogP contribution >= 0.6 is 11.3 Å². The summed E-state index contributed by atoms with van der Waals surface area (Å²) in [6.07, 6.45) is -6.24. The average molecular weight is 515 g/mol. The van der Waals surface area contributed by atoms with Crippen molar-refractivity contribution in [1.82, 2.24) is 0 Å². The monoisotopic (exact) mass is 515 g/mol. The molecule has 0 radical (unpaired) electrons. The van der Waals surface area contributed by atoms with Gasteiger partial charge in [-0.1, -0.05) is 42.8 Å². The quantitative estimate of drug-likeness (QED) is 0.190. The molecule has 3 aromatic rings. The number of nitrogens with zero attached hydrogens (tertiary/aromatic N) is 1. The topological polar surface area (TPSA) is 55.7 Å². The summed E-state index contributed by atoms with van der Waals surface area (Å²) in [5.74, 6) is -13.2. The SMILES string of the molecule is CCCCS(=O)(=O)ON=C(c1ccc2sc3ccccc3c2c1)C(F)(F)C(F)(F)C(F)(F)F. The Hall–Kier alpha value is -2.41. The molecule has 13 heteroatoms. The van der Waals surface area contributed by atoms with Crippen LogP contribution in [0.15, 0.2) is 47.6 Å². The first kappa shape index (κ1) is 25.2. The van der Waals surface area contributed by atoms with Crippen LogP contribution in [-0.4, -0.2) is 37.9 Å². The normalized spacial score (nSPS) is 14.2. The van der Waals surface area contributed by atoms with Crippen molar-refractivity contribution >= 4 is 47.3 Å². The molecule has 1 aromatic heterocycles. The molecule has 0 atom stereocenters. The number of rotatable bonds is 8. The maximum atomic E-state index is 14.6. The molecule has 0 N–H and O–H groups in total. The zero-order valence-corrected chi connectivity index (χ0v) is 18.4. The van der Waals surface area contributed by atoms with Crippen LogP contribution < -0.4 is 0 Å². The summed E-state index contributed by atoms with van der Waals surface area (Å²) in [7, 11) is -4.60. The van der Waals surface area contributed by atoms with Gasteiger partial charge in [0.05, 0.1) is 5.75 Å². The highest BCUT2D eigenvalue weighted by atomic mass is 32.2. The third kappa shape index (κ3) is 4.79. The van der Waals surface area contributed by atoms with E-state index in [4.69, 9.17) is 0 Å². The molecule has 33 heavy (non-hydrogen) atoms. The van der Waals surface area contributed by atoms with Crippen LogP contribution in [0.1, 0.15) is 25.3 Å². The minimum absolute atomic E-state index is 0.0368. The molecular weight excluding hydrogens is 499 g/mol. The Morgan fingerprint density at radius 1 is 0.970 bits per heavy atom. The number of hydrogen-bond donors (Lipinski definition) is 0. The smallest absolute Gasteiger partial charge is 0.268 e. The highest BCUT2D eigenvalue weighted by Crippen LogP contribution is 2.48. The first-order valence-corrected chi connectivity index (χ1v) is 11.8. The van der Waals surface area contributed by atoms with E-state index in [-0.39, 0.29) is 6.42 Å². The van der Waals surface area contributed by atoms with Gasteiger partial charge >= 0.3 is 28.1 Å². The molecule has 0 bridgehead atoms. The van der Waals surface area contributed by atoms with Crippen LogP contribution in [0.5, 0.6) is 0 Å². The van der Waals surface area contributed by atoms with E-state index in [1.807, 2.05) is 0 Å². The molecule has 0 saturated heterocycles. The van der Waals surface area contributed by atoms with E-state index < -0.39 is 45.2 Å². The number of oxime groups is 1.